The zero-order valence-electron chi connectivity index (χ0n) is 8.44. The lowest BCUT2D eigenvalue weighted by atomic mass is 10.2. The highest BCUT2D eigenvalue weighted by Crippen LogP contribution is 2.22. The summed E-state index contributed by atoms with van der Waals surface area (Å²) >= 11 is 5.59. The molecule has 0 spiro atoms. The molecule has 1 rings (SSSR count). The second-order valence-electron chi connectivity index (χ2n) is 3.11. The van der Waals surface area contributed by atoms with Crippen LogP contribution in [0.25, 0.3) is 0 Å². The molecule has 0 aliphatic carbocycles. The van der Waals surface area contributed by atoms with E-state index in [1.807, 2.05) is 0 Å². The highest BCUT2D eigenvalue weighted by molar-refractivity contribution is 6.30. The van der Waals surface area contributed by atoms with Crippen molar-refractivity contribution in [2.75, 3.05) is 0 Å². The Labute approximate surface area is 96.8 Å². The number of halogens is 1. The number of phenols is 1. The van der Waals surface area contributed by atoms with Gasteiger partial charge in [0, 0.05) is 5.02 Å². The van der Waals surface area contributed by atoms with Crippen LogP contribution in [0.3, 0.4) is 0 Å². The van der Waals surface area contributed by atoms with Crippen LogP contribution >= 0.6 is 11.6 Å². The van der Waals surface area contributed by atoms with Gasteiger partial charge in [0.1, 0.15) is 11.3 Å². The summed E-state index contributed by atoms with van der Waals surface area (Å²) in [5.74, 6) is -1.91. The van der Waals surface area contributed by atoms with Gasteiger partial charge >= 0.3 is 5.97 Å². The van der Waals surface area contributed by atoms with Crippen molar-refractivity contribution in [2.45, 2.75) is 13.0 Å². The van der Waals surface area contributed by atoms with Crippen LogP contribution in [0, 0.1) is 0 Å². The Kier molecular flexibility index (Phi) is 3.73. The van der Waals surface area contributed by atoms with Crippen LogP contribution in [-0.4, -0.2) is 23.1 Å². The van der Waals surface area contributed by atoms with Crippen LogP contribution in [0.15, 0.2) is 18.2 Å². The molecule has 86 valence electrons. The van der Waals surface area contributed by atoms with E-state index in [1.54, 1.807) is 0 Å². The van der Waals surface area contributed by atoms with Crippen LogP contribution in [0.1, 0.15) is 17.3 Å². The predicted octanol–water partition coefficient (Wildman–Crippen LogP) is 1.08. The number of aromatic hydroxyl groups is 1. The van der Waals surface area contributed by atoms with Crippen molar-refractivity contribution in [2.24, 2.45) is 5.73 Å². The molecule has 0 heterocycles. The summed E-state index contributed by atoms with van der Waals surface area (Å²) in [6, 6.07) is 3.92. The Morgan fingerprint density at radius 1 is 1.50 bits per heavy atom. The number of phenolic OH excluding ortho intramolecular Hbond substituents is 1. The van der Waals surface area contributed by atoms with E-state index in [2.05, 4.69) is 0 Å². The van der Waals surface area contributed by atoms with Gasteiger partial charge in [-0.1, -0.05) is 11.6 Å². The second-order valence-corrected chi connectivity index (χ2v) is 3.55. The number of primary amides is 1. The zero-order valence-corrected chi connectivity index (χ0v) is 9.19. The summed E-state index contributed by atoms with van der Waals surface area (Å²) in [7, 11) is 0. The van der Waals surface area contributed by atoms with E-state index in [1.165, 1.54) is 25.1 Å². The summed E-state index contributed by atoms with van der Waals surface area (Å²) in [6.45, 7) is 1.34. The first kappa shape index (κ1) is 12.3. The minimum Gasteiger partial charge on any atom is -0.507 e. The molecule has 0 unspecified atom stereocenters. The number of hydrogen-bond donors (Lipinski definition) is 2. The average Bonchev–Trinajstić information content (AvgIpc) is 2.16. The number of ether oxygens (including phenoxy) is 1. The highest BCUT2D eigenvalue weighted by atomic mass is 35.5. The minimum atomic E-state index is -1.05. The Hall–Kier alpha value is -1.75. The van der Waals surface area contributed by atoms with Crippen LogP contribution in [0.2, 0.25) is 5.02 Å². The molecule has 0 saturated heterocycles. The van der Waals surface area contributed by atoms with Gasteiger partial charge in [-0.15, -0.1) is 0 Å². The quantitative estimate of drug-likeness (QED) is 0.778. The van der Waals surface area contributed by atoms with E-state index in [-0.39, 0.29) is 16.3 Å². The largest absolute Gasteiger partial charge is 0.507 e. The van der Waals surface area contributed by atoms with Crippen LogP contribution in [0.5, 0.6) is 5.75 Å². The maximum absolute atomic E-state index is 11.5. The molecule has 3 N–H and O–H groups in total. The SMILES string of the molecule is C[C@@H](OC(=O)c1ccc(Cl)cc1O)C(N)=O. The third kappa shape index (κ3) is 2.87. The normalized spacial score (nSPS) is 11.9. The van der Waals surface area contributed by atoms with Gasteiger partial charge in [-0.25, -0.2) is 4.79 Å². The van der Waals surface area contributed by atoms with Gasteiger partial charge in [0.2, 0.25) is 0 Å². The number of esters is 1. The summed E-state index contributed by atoms with van der Waals surface area (Å²) in [5, 5.41) is 9.70. The molecule has 1 aromatic carbocycles. The summed E-state index contributed by atoms with van der Waals surface area (Å²) in [6.07, 6.45) is -1.05. The maximum Gasteiger partial charge on any atom is 0.342 e. The number of carbonyl (C=O) groups is 2. The smallest absolute Gasteiger partial charge is 0.342 e. The molecule has 16 heavy (non-hydrogen) atoms. The van der Waals surface area contributed by atoms with E-state index in [4.69, 9.17) is 22.1 Å². The number of nitrogens with two attached hydrogens (primary N) is 1. The summed E-state index contributed by atoms with van der Waals surface area (Å²) < 4.78 is 4.70. The van der Waals surface area contributed by atoms with E-state index < -0.39 is 18.0 Å². The standard InChI is InChI=1S/C10H10ClNO4/c1-5(9(12)14)16-10(15)7-3-2-6(11)4-8(7)13/h2-5,13H,1H3,(H2,12,14)/t5-/m1/s1. The Balaban J connectivity index is 2.85. The van der Waals surface area contributed by atoms with Gasteiger partial charge in [-0.3, -0.25) is 4.79 Å². The molecular weight excluding hydrogens is 234 g/mol. The second kappa shape index (κ2) is 4.85. The van der Waals surface area contributed by atoms with Crippen LogP contribution in [0.4, 0.5) is 0 Å². The average molecular weight is 244 g/mol. The molecule has 0 fully saturated rings. The molecule has 0 aromatic heterocycles. The van der Waals surface area contributed by atoms with Gasteiger partial charge in [0.05, 0.1) is 0 Å². The molecule has 0 aliphatic heterocycles. The number of benzene rings is 1. The zero-order chi connectivity index (χ0) is 12.3. The van der Waals surface area contributed by atoms with E-state index in [0.717, 1.165) is 0 Å². The third-order valence-corrected chi connectivity index (χ3v) is 2.10. The maximum atomic E-state index is 11.5. The molecule has 0 saturated carbocycles. The Bertz CT molecular complexity index is 433. The molecule has 6 heteroatoms. The molecule has 0 radical (unpaired) electrons. The van der Waals surface area contributed by atoms with Gasteiger partial charge in [-0.05, 0) is 25.1 Å². The van der Waals surface area contributed by atoms with Gasteiger partial charge < -0.3 is 15.6 Å². The lowest BCUT2D eigenvalue weighted by molar-refractivity contribution is -0.125. The van der Waals surface area contributed by atoms with Crippen molar-refractivity contribution < 1.29 is 19.4 Å². The molecule has 0 bridgehead atoms. The van der Waals surface area contributed by atoms with Crippen LogP contribution < -0.4 is 5.73 Å². The topological polar surface area (TPSA) is 89.6 Å². The van der Waals surface area contributed by atoms with Gasteiger partial charge in [0.25, 0.3) is 5.91 Å². The monoisotopic (exact) mass is 243 g/mol. The minimum absolute atomic E-state index is 0.0718. The molecule has 5 nitrogen and oxygen atoms in total. The first-order valence-electron chi connectivity index (χ1n) is 4.40. The summed E-state index contributed by atoms with van der Waals surface area (Å²) in [5.41, 5.74) is 4.85. The fourth-order valence-electron chi connectivity index (χ4n) is 0.960. The predicted molar refractivity (Wildman–Crippen MR) is 57.2 cm³/mol. The molecule has 1 amide bonds. The van der Waals surface area contributed by atoms with Crippen molar-refractivity contribution in [1.29, 1.82) is 0 Å². The van der Waals surface area contributed by atoms with Crippen molar-refractivity contribution in [3.63, 3.8) is 0 Å². The lowest BCUT2D eigenvalue weighted by Crippen LogP contribution is -2.30. The highest BCUT2D eigenvalue weighted by Gasteiger charge is 2.18. The van der Waals surface area contributed by atoms with Crippen molar-refractivity contribution >= 4 is 23.5 Å². The third-order valence-electron chi connectivity index (χ3n) is 1.86. The van der Waals surface area contributed by atoms with Crippen molar-refractivity contribution in [3.05, 3.63) is 28.8 Å². The Morgan fingerprint density at radius 2 is 2.12 bits per heavy atom. The molecule has 0 aliphatic rings. The van der Waals surface area contributed by atoms with E-state index in [9.17, 15) is 14.7 Å². The van der Waals surface area contributed by atoms with Gasteiger partial charge in [-0.2, -0.15) is 0 Å². The number of rotatable bonds is 3. The van der Waals surface area contributed by atoms with E-state index >= 15 is 0 Å². The Morgan fingerprint density at radius 3 is 2.62 bits per heavy atom. The first-order valence-corrected chi connectivity index (χ1v) is 4.78. The molecular formula is C10H10ClNO4. The summed E-state index contributed by atoms with van der Waals surface area (Å²) in [4.78, 5) is 22.1. The van der Waals surface area contributed by atoms with Gasteiger partial charge in [0.15, 0.2) is 6.10 Å². The first-order chi connectivity index (χ1) is 7.41. The van der Waals surface area contributed by atoms with Crippen molar-refractivity contribution in [3.8, 4) is 5.75 Å². The molecule has 1 aromatic rings. The molecule has 1 atom stereocenters. The lowest BCUT2D eigenvalue weighted by Gasteiger charge is -2.10. The van der Waals surface area contributed by atoms with E-state index in [0.29, 0.717) is 0 Å². The number of hydrogen-bond acceptors (Lipinski definition) is 4. The number of amides is 1. The van der Waals surface area contributed by atoms with Crippen LogP contribution in [-0.2, 0) is 9.53 Å². The van der Waals surface area contributed by atoms with Crippen molar-refractivity contribution in [1.82, 2.24) is 0 Å². The fraction of sp³-hybridized carbons (Fsp3) is 0.200. The fourth-order valence-corrected chi connectivity index (χ4v) is 1.13. The number of carbonyl (C=O) groups excluding carboxylic acids is 2.